The number of anilines is 3. The SMILES string of the molecule is CC1(C)CCC(C)(C)c2cc(N(c3ccc(-c4ccccc4)cc3)c3cc4c(cc3-c3ccccc3)Oc3ccccc3C43C4CC5CC(C4)C3C5)ccc21. The Morgan fingerprint density at radius 3 is 1.91 bits per heavy atom. The first-order valence-corrected chi connectivity index (χ1v) is 20.8. The lowest BCUT2D eigenvalue weighted by Gasteiger charge is -2.49. The smallest absolute Gasteiger partial charge is 0.132 e. The molecule has 0 radical (unpaired) electrons. The summed E-state index contributed by atoms with van der Waals surface area (Å²) in [7, 11) is 0. The van der Waals surface area contributed by atoms with E-state index in [4.69, 9.17) is 4.74 Å². The molecule has 6 aromatic carbocycles. The van der Waals surface area contributed by atoms with Gasteiger partial charge in [-0.15, -0.1) is 0 Å². The molecule has 1 heterocycles. The number of fused-ring (bicyclic) bond motifs is 3. The first-order chi connectivity index (χ1) is 26.7. The molecule has 6 aliphatic rings. The minimum atomic E-state index is -0.0312. The van der Waals surface area contributed by atoms with Gasteiger partial charge >= 0.3 is 0 Å². The third-order valence-electron chi connectivity index (χ3n) is 15.0. The van der Waals surface area contributed by atoms with Crippen LogP contribution < -0.4 is 9.64 Å². The number of nitrogens with zero attached hydrogens (tertiary/aromatic N) is 1. The summed E-state index contributed by atoms with van der Waals surface area (Å²) >= 11 is 0. The first kappa shape index (κ1) is 33.3. The van der Waals surface area contributed by atoms with Crippen LogP contribution in [0.5, 0.6) is 11.5 Å². The van der Waals surface area contributed by atoms with Crippen molar-refractivity contribution in [3.05, 3.63) is 162 Å². The third-order valence-corrected chi connectivity index (χ3v) is 15.0. The van der Waals surface area contributed by atoms with E-state index in [1.165, 1.54) is 100 Å². The number of hydrogen-bond donors (Lipinski definition) is 0. The van der Waals surface area contributed by atoms with E-state index in [0.717, 1.165) is 23.3 Å². The van der Waals surface area contributed by atoms with Crippen LogP contribution in [0.3, 0.4) is 0 Å². The lowest BCUT2D eigenvalue weighted by molar-refractivity contribution is 0.173. The number of para-hydroxylation sites is 1. The predicted octanol–water partition coefficient (Wildman–Crippen LogP) is 14.3. The van der Waals surface area contributed by atoms with E-state index < -0.39 is 0 Å². The van der Waals surface area contributed by atoms with Crippen molar-refractivity contribution in [2.24, 2.45) is 23.7 Å². The van der Waals surface area contributed by atoms with Crippen molar-refractivity contribution in [2.75, 3.05) is 4.90 Å². The first-order valence-electron chi connectivity index (χ1n) is 20.8. The van der Waals surface area contributed by atoms with E-state index >= 15 is 0 Å². The van der Waals surface area contributed by atoms with E-state index in [0.29, 0.717) is 11.8 Å². The second-order valence-electron chi connectivity index (χ2n) is 18.8. The van der Waals surface area contributed by atoms with E-state index in [1.54, 1.807) is 0 Å². The fourth-order valence-corrected chi connectivity index (χ4v) is 12.4. The maximum atomic E-state index is 7.06. The zero-order valence-corrected chi connectivity index (χ0v) is 32.7. The minimum Gasteiger partial charge on any atom is -0.457 e. The van der Waals surface area contributed by atoms with Crippen molar-refractivity contribution in [3.8, 4) is 33.8 Å². The van der Waals surface area contributed by atoms with Gasteiger partial charge in [-0.2, -0.15) is 0 Å². The maximum Gasteiger partial charge on any atom is 0.132 e. The van der Waals surface area contributed by atoms with E-state index in [2.05, 4.69) is 172 Å². The van der Waals surface area contributed by atoms with Gasteiger partial charge in [-0.25, -0.2) is 0 Å². The summed E-state index contributed by atoms with van der Waals surface area (Å²) in [6.07, 6.45) is 7.79. The molecule has 274 valence electrons. The average Bonchev–Trinajstić information content (AvgIpc) is 3.62. The molecule has 6 aromatic rings. The van der Waals surface area contributed by atoms with Gasteiger partial charge in [0, 0.05) is 33.5 Å². The Kier molecular flexibility index (Phi) is 7.23. The maximum absolute atomic E-state index is 7.06. The van der Waals surface area contributed by atoms with Gasteiger partial charge in [-0.3, -0.25) is 0 Å². The second-order valence-corrected chi connectivity index (χ2v) is 18.8. The summed E-state index contributed by atoms with van der Waals surface area (Å²) in [5, 5.41) is 0. The van der Waals surface area contributed by atoms with Crippen LogP contribution in [0, 0.1) is 23.7 Å². The van der Waals surface area contributed by atoms with Gasteiger partial charge in [-0.1, -0.05) is 125 Å². The molecule has 0 amide bonds. The second kappa shape index (κ2) is 12.0. The molecular weight excluding hydrogens is 667 g/mol. The number of ether oxygens (including phenoxy) is 1. The summed E-state index contributed by atoms with van der Waals surface area (Å²) < 4.78 is 7.06. The Labute approximate surface area is 327 Å². The van der Waals surface area contributed by atoms with E-state index in [9.17, 15) is 0 Å². The van der Waals surface area contributed by atoms with Gasteiger partial charge in [0.25, 0.3) is 0 Å². The van der Waals surface area contributed by atoms with Gasteiger partial charge < -0.3 is 9.64 Å². The Hall–Kier alpha value is -5.08. The molecule has 55 heavy (non-hydrogen) atoms. The van der Waals surface area contributed by atoms with Crippen LogP contribution in [0.2, 0.25) is 0 Å². The molecule has 2 nitrogen and oxygen atoms in total. The molecule has 1 aliphatic heterocycles. The molecule has 0 aromatic heterocycles. The molecule has 4 fully saturated rings. The number of benzene rings is 6. The molecule has 5 unspecified atom stereocenters. The summed E-state index contributed by atoms with van der Waals surface area (Å²) in [6.45, 7) is 9.75. The van der Waals surface area contributed by atoms with Crippen molar-refractivity contribution < 1.29 is 4.74 Å². The highest BCUT2D eigenvalue weighted by Gasteiger charge is 2.66. The zero-order valence-electron chi connectivity index (χ0n) is 32.7. The van der Waals surface area contributed by atoms with Gasteiger partial charge in [0.1, 0.15) is 11.5 Å². The minimum absolute atomic E-state index is 0.0312. The Morgan fingerprint density at radius 1 is 0.509 bits per heavy atom. The van der Waals surface area contributed by atoms with E-state index in [-0.39, 0.29) is 16.2 Å². The van der Waals surface area contributed by atoms with Crippen LogP contribution in [0.1, 0.15) is 88.5 Å². The van der Waals surface area contributed by atoms with Crippen molar-refractivity contribution in [3.63, 3.8) is 0 Å². The average molecular weight is 718 g/mol. The fraction of sp³-hybridized carbons (Fsp3) is 0.321. The molecule has 2 heteroatoms. The summed E-state index contributed by atoms with van der Waals surface area (Å²) in [6, 6.07) is 52.5. The standard InChI is InChI=1S/C53H51NO/c1-51(2)25-26-52(3,4)46-31-41(23-24-43(46)51)54(40-21-19-36(20-22-40)35-13-7-5-8-14-35)48-33-47-50(32-42(48)37-15-9-6-10-16-37)55-49-18-12-11-17-44(49)53(47)39-28-34-27-38(30-39)45(53)29-34/h5-24,31-34,38-39,45H,25-30H2,1-4H3. The highest BCUT2D eigenvalue weighted by molar-refractivity contribution is 5.91. The highest BCUT2D eigenvalue weighted by atomic mass is 16.5. The molecule has 12 rings (SSSR count). The highest BCUT2D eigenvalue weighted by Crippen LogP contribution is 2.73. The largest absolute Gasteiger partial charge is 0.457 e. The van der Waals surface area contributed by atoms with Crippen molar-refractivity contribution in [1.82, 2.24) is 0 Å². The lowest BCUT2D eigenvalue weighted by Crippen LogP contribution is -2.44. The topological polar surface area (TPSA) is 12.5 Å². The number of rotatable bonds is 5. The van der Waals surface area contributed by atoms with Crippen molar-refractivity contribution >= 4 is 17.1 Å². The van der Waals surface area contributed by atoms with Crippen LogP contribution in [-0.2, 0) is 16.2 Å². The van der Waals surface area contributed by atoms with E-state index in [1.807, 2.05) is 0 Å². The molecule has 0 saturated heterocycles. The quantitative estimate of drug-likeness (QED) is 0.176. The fourth-order valence-electron chi connectivity index (χ4n) is 12.4. The van der Waals surface area contributed by atoms with Gasteiger partial charge in [-0.05, 0) is 143 Å². The summed E-state index contributed by atoms with van der Waals surface area (Å²) in [4.78, 5) is 2.58. The Morgan fingerprint density at radius 2 is 1.16 bits per heavy atom. The van der Waals surface area contributed by atoms with Crippen LogP contribution in [0.4, 0.5) is 17.1 Å². The molecule has 4 bridgehead atoms. The monoisotopic (exact) mass is 717 g/mol. The molecule has 0 N–H and O–H groups in total. The van der Waals surface area contributed by atoms with Crippen molar-refractivity contribution in [2.45, 2.75) is 82.5 Å². The molecule has 5 aliphatic carbocycles. The normalized spacial score (nSPS) is 25.9. The number of hydrogen-bond acceptors (Lipinski definition) is 2. The Bertz CT molecular complexity index is 2440. The van der Waals surface area contributed by atoms with Crippen LogP contribution in [-0.4, -0.2) is 0 Å². The summed E-state index contributed by atoms with van der Waals surface area (Å²) in [5.41, 5.74) is 14.5. The zero-order chi connectivity index (χ0) is 37.1. The van der Waals surface area contributed by atoms with Crippen LogP contribution >= 0.6 is 0 Å². The predicted molar refractivity (Wildman–Crippen MR) is 227 cm³/mol. The van der Waals surface area contributed by atoms with Gasteiger partial charge in [0.05, 0.1) is 5.69 Å². The molecule has 4 saturated carbocycles. The van der Waals surface area contributed by atoms with Gasteiger partial charge in [0.15, 0.2) is 0 Å². The van der Waals surface area contributed by atoms with Gasteiger partial charge in [0.2, 0.25) is 0 Å². The van der Waals surface area contributed by atoms with Crippen molar-refractivity contribution in [1.29, 1.82) is 0 Å². The van der Waals surface area contributed by atoms with Crippen LogP contribution in [0.25, 0.3) is 22.3 Å². The Balaban J connectivity index is 1.19. The molecule has 5 atom stereocenters. The third kappa shape index (κ3) is 4.92. The summed E-state index contributed by atoms with van der Waals surface area (Å²) in [5.74, 6) is 5.08. The molecular formula is C53H51NO. The van der Waals surface area contributed by atoms with Crippen LogP contribution in [0.15, 0.2) is 140 Å². The molecule has 1 spiro atoms. The lowest BCUT2D eigenvalue weighted by atomic mass is 9.56.